The number of thiol groups is 1. The Hall–Kier alpha value is -3.12. The predicted octanol–water partition coefficient (Wildman–Crippen LogP) is 4.48. The van der Waals surface area contributed by atoms with Gasteiger partial charge in [-0.2, -0.15) is 12.6 Å². The van der Waals surface area contributed by atoms with E-state index in [9.17, 15) is 9.59 Å². The maximum Gasteiger partial charge on any atom is 0.338 e. The number of pyridine rings is 1. The van der Waals surface area contributed by atoms with E-state index in [4.69, 9.17) is 4.74 Å². The van der Waals surface area contributed by atoms with Gasteiger partial charge in [0.1, 0.15) is 6.61 Å². The minimum absolute atomic E-state index is 0.0628. The van der Waals surface area contributed by atoms with Gasteiger partial charge in [0.05, 0.1) is 10.8 Å². The van der Waals surface area contributed by atoms with Crippen LogP contribution in [0.5, 0.6) is 0 Å². The second-order valence-corrected chi connectivity index (χ2v) is 7.21. The number of anilines is 1. The maximum atomic E-state index is 12.6. The van der Waals surface area contributed by atoms with Crippen molar-refractivity contribution in [3.8, 4) is 0 Å². The van der Waals surface area contributed by atoms with Crippen LogP contribution in [-0.2, 0) is 16.1 Å². The smallest absolute Gasteiger partial charge is 0.338 e. The fourth-order valence-electron chi connectivity index (χ4n) is 2.82. The van der Waals surface area contributed by atoms with Crippen LogP contribution in [0.1, 0.15) is 34.3 Å². The summed E-state index contributed by atoms with van der Waals surface area (Å²) in [5.41, 5.74) is 2.72. The first-order valence-corrected chi connectivity index (χ1v) is 9.76. The van der Waals surface area contributed by atoms with Crippen LogP contribution in [0.3, 0.4) is 0 Å². The fraction of sp³-hybridized carbons (Fsp3) is 0.174. The highest BCUT2D eigenvalue weighted by atomic mass is 32.1. The van der Waals surface area contributed by atoms with Crippen molar-refractivity contribution in [1.29, 1.82) is 0 Å². The Balaban J connectivity index is 1.61. The molecular weight excluding hydrogens is 384 g/mol. The molecule has 29 heavy (non-hydrogen) atoms. The van der Waals surface area contributed by atoms with Crippen molar-refractivity contribution in [2.75, 3.05) is 5.32 Å². The highest BCUT2D eigenvalue weighted by Gasteiger charge is 2.23. The predicted molar refractivity (Wildman–Crippen MR) is 116 cm³/mol. The second kappa shape index (κ2) is 9.89. The van der Waals surface area contributed by atoms with Crippen molar-refractivity contribution in [3.63, 3.8) is 0 Å². The van der Waals surface area contributed by atoms with E-state index in [1.807, 2.05) is 43.3 Å². The standard InChI is InChI=1S/C23H22N2O3S/c1-16(18-8-3-2-4-9-18)21(29)22(26)25-20-11-5-10-19(13-20)23(27)28-15-17-7-6-12-24-14-17/h2-14,16,21,29H,15H2,1H3,(H,25,26). The summed E-state index contributed by atoms with van der Waals surface area (Å²) >= 11 is 4.49. The van der Waals surface area contributed by atoms with Gasteiger partial charge in [0, 0.05) is 29.6 Å². The van der Waals surface area contributed by atoms with Crippen LogP contribution in [-0.4, -0.2) is 22.1 Å². The normalized spacial score (nSPS) is 12.6. The highest BCUT2D eigenvalue weighted by Crippen LogP contribution is 2.24. The van der Waals surface area contributed by atoms with Crippen molar-refractivity contribution >= 4 is 30.2 Å². The van der Waals surface area contributed by atoms with Crippen LogP contribution in [0, 0.1) is 0 Å². The van der Waals surface area contributed by atoms with E-state index in [0.717, 1.165) is 11.1 Å². The number of nitrogens with zero attached hydrogens (tertiary/aromatic N) is 1. The first kappa shape index (κ1) is 20.6. The lowest BCUT2D eigenvalue weighted by Crippen LogP contribution is -2.28. The molecule has 0 radical (unpaired) electrons. The van der Waals surface area contributed by atoms with Gasteiger partial charge in [0.15, 0.2) is 0 Å². The van der Waals surface area contributed by atoms with E-state index in [-0.39, 0.29) is 18.4 Å². The molecule has 1 aromatic heterocycles. The molecule has 3 rings (SSSR count). The van der Waals surface area contributed by atoms with E-state index in [1.54, 1.807) is 42.7 Å². The fourth-order valence-corrected chi connectivity index (χ4v) is 3.06. The minimum atomic E-state index is -0.529. The summed E-state index contributed by atoms with van der Waals surface area (Å²) in [5.74, 6) is -0.761. The minimum Gasteiger partial charge on any atom is -0.457 e. The van der Waals surface area contributed by atoms with Gasteiger partial charge in [0.25, 0.3) is 0 Å². The second-order valence-electron chi connectivity index (χ2n) is 6.65. The number of carbonyl (C=O) groups excluding carboxylic acids is 2. The van der Waals surface area contributed by atoms with Crippen LogP contribution in [0.25, 0.3) is 0 Å². The molecule has 1 N–H and O–H groups in total. The molecule has 0 aliphatic heterocycles. The average molecular weight is 407 g/mol. The molecule has 148 valence electrons. The monoisotopic (exact) mass is 406 g/mol. The SMILES string of the molecule is CC(c1ccccc1)C(S)C(=O)Nc1cccc(C(=O)OCc2cccnc2)c1. The number of aromatic nitrogens is 1. The zero-order valence-corrected chi connectivity index (χ0v) is 16.9. The molecule has 5 nitrogen and oxygen atoms in total. The molecule has 2 unspecified atom stereocenters. The topological polar surface area (TPSA) is 68.3 Å². The maximum absolute atomic E-state index is 12.6. The first-order valence-electron chi connectivity index (χ1n) is 9.24. The number of benzene rings is 2. The Morgan fingerprint density at radius 1 is 1.07 bits per heavy atom. The number of rotatable bonds is 7. The molecule has 0 saturated carbocycles. The van der Waals surface area contributed by atoms with Crippen molar-refractivity contribution in [2.24, 2.45) is 0 Å². The first-order chi connectivity index (χ1) is 14.0. The Bertz CT molecular complexity index is 964. The molecule has 0 saturated heterocycles. The molecule has 0 bridgehead atoms. The van der Waals surface area contributed by atoms with E-state index >= 15 is 0 Å². The molecule has 2 aromatic carbocycles. The summed E-state index contributed by atoms with van der Waals surface area (Å²) < 4.78 is 5.31. The van der Waals surface area contributed by atoms with Crippen molar-refractivity contribution in [3.05, 3.63) is 95.8 Å². The number of amides is 1. The quantitative estimate of drug-likeness (QED) is 0.448. The average Bonchev–Trinajstić information content (AvgIpc) is 2.78. The lowest BCUT2D eigenvalue weighted by Gasteiger charge is -2.19. The van der Waals surface area contributed by atoms with Gasteiger partial charge < -0.3 is 10.1 Å². The third-order valence-corrected chi connectivity index (χ3v) is 5.21. The summed E-state index contributed by atoms with van der Waals surface area (Å²) in [4.78, 5) is 28.9. The number of ether oxygens (including phenoxy) is 1. The van der Waals surface area contributed by atoms with Crippen LogP contribution >= 0.6 is 12.6 Å². The van der Waals surface area contributed by atoms with Gasteiger partial charge >= 0.3 is 5.97 Å². The number of esters is 1. The highest BCUT2D eigenvalue weighted by molar-refractivity contribution is 7.81. The zero-order chi connectivity index (χ0) is 20.6. The molecule has 0 spiro atoms. The van der Waals surface area contributed by atoms with E-state index in [1.165, 1.54) is 0 Å². The van der Waals surface area contributed by atoms with Crippen LogP contribution in [0.4, 0.5) is 5.69 Å². The van der Waals surface area contributed by atoms with Crippen molar-refractivity contribution < 1.29 is 14.3 Å². The van der Waals surface area contributed by atoms with Crippen LogP contribution in [0.15, 0.2) is 79.1 Å². The molecule has 0 aliphatic rings. The van der Waals surface area contributed by atoms with E-state index < -0.39 is 11.2 Å². The Labute approximate surface area is 175 Å². The molecule has 3 aromatic rings. The Morgan fingerprint density at radius 2 is 1.86 bits per heavy atom. The summed E-state index contributed by atoms with van der Waals surface area (Å²) in [6.07, 6.45) is 3.30. The van der Waals surface area contributed by atoms with Gasteiger partial charge in [0.2, 0.25) is 5.91 Å². The van der Waals surface area contributed by atoms with Crippen LogP contribution in [0.2, 0.25) is 0 Å². The summed E-state index contributed by atoms with van der Waals surface area (Å²) in [6.45, 7) is 2.09. The summed E-state index contributed by atoms with van der Waals surface area (Å²) in [5, 5.41) is 2.30. The lowest BCUT2D eigenvalue weighted by atomic mass is 9.97. The van der Waals surface area contributed by atoms with Crippen LogP contribution < -0.4 is 5.32 Å². The third kappa shape index (κ3) is 5.68. The third-order valence-electron chi connectivity index (χ3n) is 4.53. The Kier molecular flexibility index (Phi) is 7.03. The molecule has 1 amide bonds. The molecule has 0 fully saturated rings. The lowest BCUT2D eigenvalue weighted by molar-refractivity contribution is -0.116. The van der Waals surface area contributed by atoms with Gasteiger partial charge in [-0.15, -0.1) is 0 Å². The number of hydrogen-bond acceptors (Lipinski definition) is 5. The molecule has 6 heteroatoms. The van der Waals surface area contributed by atoms with Crippen molar-refractivity contribution in [2.45, 2.75) is 24.7 Å². The van der Waals surface area contributed by atoms with Gasteiger partial charge in [-0.25, -0.2) is 4.79 Å². The van der Waals surface area contributed by atoms with E-state index in [2.05, 4.69) is 22.9 Å². The van der Waals surface area contributed by atoms with Crippen molar-refractivity contribution in [1.82, 2.24) is 4.98 Å². The zero-order valence-electron chi connectivity index (χ0n) is 16.0. The largest absolute Gasteiger partial charge is 0.457 e. The van der Waals surface area contributed by atoms with Gasteiger partial charge in [-0.1, -0.05) is 49.4 Å². The van der Waals surface area contributed by atoms with E-state index in [0.29, 0.717) is 11.3 Å². The van der Waals surface area contributed by atoms with Gasteiger partial charge in [-0.05, 0) is 29.8 Å². The summed E-state index contributed by atoms with van der Waals surface area (Å²) in [7, 11) is 0. The van der Waals surface area contributed by atoms with Gasteiger partial charge in [-0.3, -0.25) is 9.78 Å². The molecule has 0 aliphatic carbocycles. The molecule has 2 atom stereocenters. The molecule has 1 heterocycles. The number of hydrogen-bond donors (Lipinski definition) is 2. The number of carbonyl (C=O) groups is 2. The summed E-state index contributed by atoms with van der Waals surface area (Å²) in [6, 6.07) is 20.0. The Morgan fingerprint density at radius 3 is 2.59 bits per heavy atom. The molecular formula is C23H22N2O3S. The number of nitrogens with one attached hydrogen (secondary N) is 1.